The minimum Gasteiger partial charge on any atom is -0.381 e. The number of nitriles is 1. The van der Waals surface area contributed by atoms with E-state index in [2.05, 4.69) is 27.3 Å². The second-order valence-electron chi connectivity index (χ2n) is 4.12. The van der Waals surface area contributed by atoms with Crippen LogP contribution in [0.3, 0.4) is 0 Å². The van der Waals surface area contributed by atoms with Crippen molar-refractivity contribution >= 4 is 21.6 Å². The number of hydrogen-bond acceptors (Lipinski definition) is 2. The van der Waals surface area contributed by atoms with E-state index < -0.39 is 0 Å². The van der Waals surface area contributed by atoms with Gasteiger partial charge in [-0.15, -0.1) is 0 Å². The van der Waals surface area contributed by atoms with Gasteiger partial charge < -0.3 is 5.32 Å². The van der Waals surface area contributed by atoms with E-state index in [0.29, 0.717) is 13.0 Å². The van der Waals surface area contributed by atoms with Crippen molar-refractivity contribution in [1.82, 2.24) is 0 Å². The fourth-order valence-corrected chi connectivity index (χ4v) is 2.09. The van der Waals surface area contributed by atoms with E-state index in [4.69, 9.17) is 5.26 Å². The van der Waals surface area contributed by atoms with E-state index in [0.717, 1.165) is 21.3 Å². The van der Waals surface area contributed by atoms with Crippen LogP contribution in [0.5, 0.6) is 0 Å². The molecule has 0 aliphatic carbocycles. The zero-order valence-corrected chi connectivity index (χ0v) is 11.7. The van der Waals surface area contributed by atoms with Gasteiger partial charge in [0.25, 0.3) is 0 Å². The molecule has 2 rings (SSSR count). The van der Waals surface area contributed by atoms with Crippen molar-refractivity contribution in [3.63, 3.8) is 0 Å². The average Bonchev–Trinajstić information content (AvgIpc) is 2.42. The monoisotopic (exact) mass is 318 g/mol. The highest BCUT2D eigenvalue weighted by Gasteiger charge is 2.02. The van der Waals surface area contributed by atoms with Gasteiger partial charge in [-0.3, -0.25) is 0 Å². The molecule has 0 aliphatic rings. The topological polar surface area (TPSA) is 35.8 Å². The average molecular weight is 319 g/mol. The van der Waals surface area contributed by atoms with Crippen LogP contribution < -0.4 is 5.32 Å². The minimum absolute atomic E-state index is 0.246. The molecule has 0 saturated heterocycles. The van der Waals surface area contributed by atoms with Gasteiger partial charge in [0, 0.05) is 16.7 Å². The van der Waals surface area contributed by atoms with Crippen molar-refractivity contribution in [3.05, 3.63) is 63.9 Å². The fourth-order valence-electron chi connectivity index (χ4n) is 1.71. The Kier molecular flexibility index (Phi) is 4.53. The van der Waals surface area contributed by atoms with Gasteiger partial charge in [0.15, 0.2) is 0 Å². The molecule has 0 amide bonds. The normalized spacial score (nSPS) is 9.95. The second-order valence-corrected chi connectivity index (χ2v) is 4.98. The molecule has 19 heavy (non-hydrogen) atoms. The van der Waals surface area contributed by atoms with E-state index >= 15 is 0 Å². The van der Waals surface area contributed by atoms with Crippen LogP contribution in [0.4, 0.5) is 10.1 Å². The summed E-state index contributed by atoms with van der Waals surface area (Å²) in [6.07, 6.45) is 0.412. The molecule has 0 unspecified atom stereocenters. The number of nitrogens with zero attached hydrogens (tertiary/aromatic N) is 1. The van der Waals surface area contributed by atoms with Crippen molar-refractivity contribution in [1.29, 1.82) is 5.26 Å². The Balaban J connectivity index is 2.02. The van der Waals surface area contributed by atoms with Crippen molar-refractivity contribution in [2.75, 3.05) is 5.32 Å². The van der Waals surface area contributed by atoms with Crippen molar-refractivity contribution < 1.29 is 4.39 Å². The summed E-state index contributed by atoms with van der Waals surface area (Å²) in [6, 6.07) is 14.4. The first-order valence-electron chi connectivity index (χ1n) is 5.83. The van der Waals surface area contributed by atoms with Crippen LogP contribution in [0.25, 0.3) is 0 Å². The number of benzene rings is 2. The maximum Gasteiger partial charge on any atom is 0.123 e. The van der Waals surface area contributed by atoms with E-state index in [-0.39, 0.29) is 5.82 Å². The van der Waals surface area contributed by atoms with Crippen LogP contribution in [0.15, 0.2) is 46.9 Å². The molecule has 0 radical (unpaired) electrons. The van der Waals surface area contributed by atoms with Crippen LogP contribution in [0, 0.1) is 17.1 Å². The molecule has 0 heterocycles. The highest BCUT2D eigenvalue weighted by Crippen LogP contribution is 2.19. The first-order valence-corrected chi connectivity index (χ1v) is 6.62. The van der Waals surface area contributed by atoms with Crippen molar-refractivity contribution in [3.8, 4) is 6.07 Å². The molecular formula is C15H12BrFN2. The molecule has 2 aromatic carbocycles. The Morgan fingerprint density at radius 1 is 1.16 bits per heavy atom. The molecule has 0 aliphatic heterocycles. The zero-order valence-electron chi connectivity index (χ0n) is 10.2. The highest BCUT2D eigenvalue weighted by molar-refractivity contribution is 9.10. The van der Waals surface area contributed by atoms with Gasteiger partial charge in [-0.25, -0.2) is 4.39 Å². The third-order valence-corrected chi connectivity index (χ3v) is 3.50. The summed E-state index contributed by atoms with van der Waals surface area (Å²) in [4.78, 5) is 0. The van der Waals surface area contributed by atoms with Gasteiger partial charge in [-0.2, -0.15) is 5.26 Å². The van der Waals surface area contributed by atoms with E-state index in [1.54, 1.807) is 6.07 Å². The van der Waals surface area contributed by atoms with Gasteiger partial charge >= 0.3 is 0 Å². The number of nitrogens with one attached hydrogen (secondary N) is 1. The lowest BCUT2D eigenvalue weighted by Gasteiger charge is -2.09. The number of hydrogen-bond donors (Lipinski definition) is 1. The molecular weight excluding hydrogens is 307 g/mol. The molecule has 2 aromatic rings. The lowest BCUT2D eigenvalue weighted by molar-refractivity contribution is 0.625. The van der Waals surface area contributed by atoms with Gasteiger partial charge in [-0.1, -0.05) is 28.1 Å². The van der Waals surface area contributed by atoms with Gasteiger partial charge in [0.1, 0.15) is 5.82 Å². The van der Waals surface area contributed by atoms with Crippen LogP contribution in [-0.2, 0) is 13.0 Å². The standard InChI is InChI=1S/C15H12BrFN2/c16-15-6-3-13(17)9-12(15)10-19-14-4-1-11(2-5-14)7-8-18/h1-6,9,19H,7,10H2. The number of halogens is 2. The second kappa shape index (κ2) is 6.35. The summed E-state index contributed by atoms with van der Waals surface area (Å²) in [5.41, 5.74) is 2.79. The largest absolute Gasteiger partial charge is 0.381 e. The summed E-state index contributed by atoms with van der Waals surface area (Å²) in [5, 5.41) is 11.8. The molecule has 1 N–H and O–H groups in total. The first kappa shape index (κ1) is 13.6. The molecule has 0 spiro atoms. The van der Waals surface area contributed by atoms with Crippen molar-refractivity contribution in [2.24, 2.45) is 0 Å². The molecule has 2 nitrogen and oxygen atoms in total. The summed E-state index contributed by atoms with van der Waals surface area (Å²) in [7, 11) is 0. The fraction of sp³-hybridized carbons (Fsp3) is 0.133. The third-order valence-electron chi connectivity index (χ3n) is 2.73. The molecule has 0 bridgehead atoms. The molecule has 0 atom stereocenters. The van der Waals surface area contributed by atoms with E-state index in [1.165, 1.54) is 12.1 Å². The Labute approximate surface area is 120 Å². The van der Waals surface area contributed by atoms with Gasteiger partial charge in [0.2, 0.25) is 0 Å². The quantitative estimate of drug-likeness (QED) is 0.914. The summed E-state index contributed by atoms with van der Waals surface area (Å²) >= 11 is 3.39. The number of rotatable bonds is 4. The van der Waals surface area contributed by atoms with E-state index in [9.17, 15) is 4.39 Å². The highest BCUT2D eigenvalue weighted by atomic mass is 79.9. The Morgan fingerprint density at radius 3 is 2.58 bits per heavy atom. The van der Waals surface area contributed by atoms with Gasteiger partial charge in [-0.05, 0) is 41.5 Å². The zero-order chi connectivity index (χ0) is 13.7. The molecule has 0 aromatic heterocycles. The smallest absolute Gasteiger partial charge is 0.123 e. The summed E-state index contributed by atoms with van der Waals surface area (Å²) in [5.74, 6) is -0.246. The maximum absolute atomic E-state index is 13.1. The maximum atomic E-state index is 13.1. The van der Waals surface area contributed by atoms with Crippen LogP contribution >= 0.6 is 15.9 Å². The Bertz CT molecular complexity index is 603. The summed E-state index contributed by atoms with van der Waals surface area (Å²) in [6.45, 7) is 0.538. The van der Waals surface area contributed by atoms with Gasteiger partial charge in [0.05, 0.1) is 12.5 Å². The molecule has 4 heteroatoms. The van der Waals surface area contributed by atoms with Crippen LogP contribution in [0.2, 0.25) is 0 Å². The predicted molar refractivity (Wildman–Crippen MR) is 77.2 cm³/mol. The summed E-state index contributed by atoms with van der Waals surface area (Å²) < 4.78 is 14.0. The predicted octanol–water partition coefficient (Wildman–Crippen LogP) is 4.27. The first-order chi connectivity index (χ1) is 9.19. The van der Waals surface area contributed by atoms with Crippen molar-refractivity contribution in [2.45, 2.75) is 13.0 Å². The SMILES string of the molecule is N#CCc1ccc(NCc2cc(F)ccc2Br)cc1. The molecule has 0 fully saturated rings. The Hall–Kier alpha value is -1.86. The molecule has 96 valence electrons. The third kappa shape index (κ3) is 3.80. The Morgan fingerprint density at radius 2 is 1.89 bits per heavy atom. The van der Waals surface area contributed by atoms with Crippen LogP contribution in [0.1, 0.15) is 11.1 Å². The molecule has 0 saturated carbocycles. The van der Waals surface area contributed by atoms with Crippen LogP contribution in [-0.4, -0.2) is 0 Å². The lowest BCUT2D eigenvalue weighted by atomic mass is 10.1. The number of anilines is 1. The van der Waals surface area contributed by atoms with E-state index in [1.807, 2.05) is 24.3 Å². The minimum atomic E-state index is -0.246. The lowest BCUT2D eigenvalue weighted by Crippen LogP contribution is -2.00.